The van der Waals surface area contributed by atoms with Crippen molar-refractivity contribution in [2.24, 2.45) is 5.92 Å². The minimum atomic E-state index is -0.408. The van der Waals surface area contributed by atoms with Crippen LogP contribution in [0.4, 0.5) is 5.69 Å². The van der Waals surface area contributed by atoms with E-state index in [-0.39, 0.29) is 5.69 Å². The number of rotatable bonds is 5. The van der Waals surface area contributed by atoms with E-state index >= 15 is 0 Å². The molecule has 0 bridgehead atoms. The molecule has 19 heavy (non-hydrogen) atoms. The van der Waals surface area contributed by atoms with E-state index in [1.54, 1.807) is 6.92 Å². The Hall–Kier alpha value is -1.69. The van der Waals surface area contributed by atoms with Crippen molar-refractivity contribution in [3.8, 4) is 5.88 Å². The van der Waals surface area contributed by atoms with Crippen LogP contribution in [0.1, 0.15) is 24.8 Å². The Balaban J connectivity index is 1.85. The van der Waals surface area contributed by atoms with E-state index in [2.05, 4.69) is 10.3 Å². The molecule has 6 heteroatoms. The number of aromatic nitrogens is 1. The molecule has 0 saturated carbocycles. The number of nitro groups is 1. The highest BCUT2D eigenvalue weighted by atomic mass is 16.6. The van der Waals surface area contributed by atoms with Gasteiger partial charge in [-0.2, -0.15) is 0 Å². The highest BCUT2D eigenvalue weighted by Gasteiger charge is 2.15. The first-order valence-corrected chi connectivity index (χ1v) is 6.61. The van der Waals surface area contributed by atoms with E-state index in [9.17, 15) is 10.1 Å². The molecule has 1 unspecified atom stereocenters. The third-order valence-electron chi connectivity index (χ3n) is 3.42. The fraction of sp³-hybridized carbons (Fsp3) is 0.615. The molecule has 6 nitrogen and oxygen atoms in total. The van der Waals surface area contributed by atoms with Gasteiger partial charge >= 0.3 is 0 Å². The van der Waals surface area contributed by atoms with Crippen LogP contribution in [0, 0.1) is 23.0 Å². The summed E-state index contributed by atoms with van der Waals surface area (Å²) in [6.45, 7) is 4.36. The predicted molar refractivity (Wildman–Crippen MR) is 71.3 cm³/mol. The van der Waals surface area contributed by atoms with Gasteiger partial charge < -0.3 is 10.1 Å². The quantitative estimate of drug-likeness (QED) is 0.651. The highest BCUT2D eigenvalue weighted by molar-refractivity contribution is 5.40. The van der Waals surface area contributed by atoms with Gasteiger partial charge in [-0.3, -0.25) is 10.1 Å². The monoisotopic (exact) mass is 265 g/mol. The molecule has 1 aliphatic rings. The van der Waals surface area contributed by atoms with E-state index < -0.39 is 4.92 Å². The Morgan fingerprint density at radius 3 is 3.16 bits per heavy atom. The van der Waals surface area contributed by atoms with Gasteiger partial charge in [0.2, 0.25) is 5.88 Å². The van der Waals surface area contributed by atoms with Crippen molar-refractivity contribution in [2.45, 2.75) is 26.2 Å². The van der Waals surface area contributed by atoms with E-state index in [0.29, 0.717) is 24.0 Å². The molecular formula is C13H19N3O3. The average Bonchev–Trinajstić information content (AvgIpc) is 2.41. The summed E-state index contributed by atoms with van der Waals surface area (Å²) in [5, 5.41) is 14.2. The lowest BCUT2D eigenvalue weighted by Crippen LogP contribution is -2.30. The standard InChI is InChI=1S/C13H19N3O3/c1-10-8-15-13(7-12(10)16(17)18)19-6-4-11-3-2-5-14-9-11/h7-8,11,14H,2-6,9H2,1H3. The van der Waals surface area contributed by atoms with E-state index in [1.165, 1.54) is 25.1 Å². The molecule has 0 spiro atoms. The number of aryl methyl sites for hydroxylation is 1. The van der Waals surface area contributed by atoms with Crippen molar-refractivity contribution in [1.29, 1.82) is 0 Å². The summed E-state index contributed by atoms with van der Waals surface area (Å²) in [4.78, 5) is 14.5. The topological polar surface area (TPSA) is 77.3 Å². The Kier molecular flexibility index (Phi) is 4.68. The molecule has 1 saturated heterocycles. The maximum atomic E-state index is 10.8. The molecule has 0 aromatic carbocycles. The third-order valence-corrected chi connectivity index (χ3v) is 3.42. The first-order valence-electron chi connectivity index (χ1n) is 6.61. The number of hydrogen-bond donors (Lipinski definition) is 1. The Labute approximate surface area is 112 Å². The van der Waals surface area contributed by atoms with Gasteiger partial charge in [0.1, 0.15) is 0 Å². The normalized spacial score (nSPS) is 19.1. The zero-order valence-electron chi connectivity index (χ0n) is 11.1. The molecule has 104 valence electrons. The molecular weight excluding hydrogens is 246 g/mol. The minimum Gasteiger partial charge on any atom is -0.477 e. The zero-order valence-corrected chi connectivity index (χ0v) is 11.1. The van der Waals surface area contributed by atoms with Gasteiger partial charge in [-0.25, -0.2) is 4.98 Å². The number of ether oxygens (including phenoxy) is 1. The van der Waals surface area contributed by atoms with Crippen LogP contribution in [-0.2, 0) is 0 Å². The molecule has 1 aliphatic heterocycles. The van der Waals surface area contributed by atoms with Crippen LogP contribution in [-0.4, -0.2) is 29.6 Å². The molecule has 2 rings (SSSR count). The van der Waals surface area contributed by atoms with Gasteiger partial charge in [-0.05, 0) is 45.2 Å². The number of pyridine rings is 1. The van der Waals surface area contributed by atoms with Crippen LogP contribution in [0.5, 0.6) is 5.88 Å². The molecule has 1 atom stereocenters. The summed E-state index contributed by atoms with van der Waals surface area (Å²) in [5.41, 5.74) is 0.609. The van der Waals surface area contributed by atoms with E-state index in [0.717, 1.165) is 19.5 Å². The molecule has 0 aliphatic carbocycles. The molecule has 0 radical (unpaired) electrons. The molecule has 1 N–H and O–H groups in total. The fourth-order valence-electron chi connectivity index (χ4n) is 2.27. The molecule has 1 aromatic heterocycles. The summed E-state index contributed by atoms with van der Waals surface area (Å²) < 4.78 is 5.51. The smallest absolute Gasteiger partial charge is 0.279 e. The Bertz CT molecular complexity index is 445. The van der Waals surface area contributed by atoms with Crippen molar-refractivity contribution < 1.29 is 9.66 Å². The second-order valence-corrected chi connectivity index (χ2v) is 4.92. The van der Waals surface area contributed by atoms with Gasteiger partial charge in [0.25, 0.3) is 5.69 Å². The highest BCUT2D eigenvalue weighted by Crippen LogP contribution is 2.22. The second kappa shape index (κ2) is 6.47. The Morgan fingerprint density at radius 2 is 2.47 bits per heavy atom. The SMILES string of the molecule is Cc1cnc(OCCC2CCCNC2)cc1[N+](=O)[O-]. The van der Waals surface area contributed by atoms with Gasteiger partial charge in [0.05, 0.1) is 17.6 Å². The lowest BCUT2D eigenvalue weighted by atomic mass is 9.97. The van der Waals surface area contributed by atoms with Crippen molar-refractivity contribution in [3.05, 3.63) is 27.9 Å². The van der Waals surface area contributed by atoms with Crippen LogP contribution >= 0.6 is 0 Å². The minimum absolute atomic E-state index is 0.0596. The van der Waals surface area contributed by atoms with Gasteiger partial charge in [0, 0.05) is 11.8 Å². The fourth-order valence-corrected chi connectivity index (χ4v) is 2.27. The summed E-state index contributed by atoms with van der Waals surface area (Å²) in [7, 11) is 0. The molecule has 0 amide bonds. The lowest BCUT2D eigenvalue weighted by Gasteiger charge is -2.22. The molecule has 1 aromatic rings. The van der Waals surface area contributed by atoms with Crippen molar-refractivity contribution in [1.82, 2.24) is 10.3 Å². The lowest BCUT2D eigenvalue weighted by molar-refractivity contribution is -0.385. The zero-order chi connectivity index (χ0) is 13.7. The van der Waals surface area contributed by atoms with Gasteiger partial charge in [-0.15, -0.1) is 0 Å². The van der Waals surface area contributed by atoms with E-state index in [4.69, 9.17) is 4.74 Å². The Morgan fingerprint density at radius 1 is 1.63 bits per heavy atom. The van der Waals surface area contributed by atoms with Crippen molar-refractivity contribution in [2.75, 3.05) is 19.7 Å². The van der Waals surface area contributed by atoms with Crippen molar-refractivity contribution in [3.63, 3.8) is 0 Å². The van der Waals surface area contributed by atoms with Crippen LogP contribution < -0.4 is 10.1 Å². The largest absolute Gasteiger partial charge is 0.477 e. The maximum absolute atomic E-state index is 10.8. The number of hydrogen-bond acceptors (Lipinski definition) is 5. The predicted octanol–water partition coefficient (Wildman–Crippen LogP) is 2.07. The van der Waals surface area contributed by atoms with Crippen LogP contribution in [0.15, 0.2) is 12.3 Å². The summed E-state index contributed by atoms with van der Waals surface area (Å²) in [5.74, 6) is 0.968. The van der Waals surface area contributed by atoms with Crippen molar-refractivity contribution >= 4 is 5.69 Å². The number of piperidine rings is 1. The summed E-state index contributed by atoms with van der Waals surface area (Å²) in [6, 6.07) is 1.40. The first-order chi connectivity index (χ1) is 9.16. The van der Waals surface area contributed by atoms with E-state index in [1.807, 2.05) is 0 Å². The maximum Gasteiger partial charge on any atom is 0.279 e. The summed E-state index contributed by atoms with van der Waals surface area (Å²) >= 11 is 0. The van der Waals surface area contributed by atoms with Crippen LogP contribution in [0.2, 0.25) is 0 Å². The average molecular weight is 265 g/mol. The third kappa shape index (κ3) is 3.89. The molecule has 2 heterocycles. The van der Waals surface area contributed by atoms with Crippen LogP contribution in [0.3, 0.4) is 0 Å². The first kappa shape index (κ1) is 13.7. The molecule has 1 fully saturated rings. The number of nitrogens with zero attached hydrogens (tertiary/aromatic N) is 2. The summed E-state index contributed by atoms with van der Waals surface area (Å²) in [6.07, 6.45) is 4.86. The van der Waals surface area contributed by atoms with Gasteiger partial charge in [-0.1, -0.05) is 0 Å². The van der Waals surface area contributed by atoms with Crippen LogP contribution in [0.25, 0.3) is 0 Å². The second-order valence-electron chi connectivity index (χ2n) is 4.92. The van der Waals surface area contributed by atoms with Gasteiger partial charge in [0.15, 0.2) is 0 Å². The number of nitrogens with one attached hydrogen (secondary N) is 1.